The molecule has 108 valence electrons. The Morgan fingerprint density at radius 3 is 2.40 bits per heavy atom. The molecule has 0 radical (unpaired) electrons. The fourth-order valence-electron chi connectivity index (χ4n) is 2.21. The summed E-state index contributed by atoms with van der Waals surface area (Å²) in [5, 5.41) is 10.6. The zero-order chi connectivity index (χ0) is 15.3. The van der Waals surface area contributed by atoms with Gasteiger partial charge in [0.05, 0.1) is 5.41 Å². The van der Waals surface area contributed by atoms with Gasteiger partial charge in [-0.25, -0.2) is 4.79 Å². The number of carbonyl (C=O) groups is 1. The van der Waals surface area contributed by atoms with E-state index in [1.807, 2.05) is 52.8 Å². The number of aliphatic hydroxyl groups is 1. The van der Waals surface area contributed by atoms with Crippen LogP contribution in [0.1, 0.15) is 38.8 Å². The van der Waals surface area contributed by atoms with Crippen molar-refractivity contribution < 1.29 is 14.6 Å². The van der Waals surface area contributed by atoms with Crippen LogP contribution in [0.3, 0.4) is 0 Å². The smallest absolute Gasteiger partial charge is 0.342 e. The Labute approximate surface area is 127 Å². The molecule has 0 saturated heterocycles. The molecular formula is C16H19BrO3. The fraction of sp³-hybridized carbons (Fsp3) is 0.438. The highest BCUT2D eigenvalue weighted by molar-refractivity contribution is 9.10. The van der Waals surface area contributed by atoms with Crippen LogP contribution < -0.4 is 0 Å². The Morgan fingerprint density at radius 1 is 1.20 bits per heavy atom. The van der Waals surface area contributed by atoms with E-state index in [-0.39, 0.29) is 11.3 Å². The van der Waals surface area contributed by atoms with E-state index in [9.17, 15) is 9.90 Å². The molecule has 1 aromatic rings. The third kappa shape index (κ3) is 2.16. The summed E-state index contributed by atoms with van der Waals surface area (Å²) in [6.07, 6.45) is 0. The number of halogens is 1. The normalized spacial score (nSPS) is 20.8. The molecular weight excluding hydrogens is 320 g/mol. The molecule has 0 aromatic heterocycles. The van der Waals surface area contributed by atoms with Crippen molar-refractivity contribution in [2.75, 3.05) is 0 Å². The van der Waals surface area contributed by atoms with Crippen LogP contribution in [0.2, 0.25) is 0 Å². The van der Waals surface area contributed by atoms with Crippen molar-refractivity contribution in [1.82, 2.24) is 0 Å². The number of carbonyl (C=O) groups excluding carboxylic acids is 1. The highest BCUT2D eigenvalue weighted by atomic mass is 79.9. The van der Waals surface area contributed by atoms with Gasteiger partial charge in [0.2, 0.25) is 0 Å². The van der Waals surface area contributed by atoms with Crippen molar-refractivity contribution in [1.29, 1.82) is 0 Å². The van der Waals surface area contributed by atoms with E-state index in [4.69, 9.17) is 4.74 Å². The Balaban J connectivity index is 2.72. The first-order valence-electron chi connectivity index (χ1n) is 6.51. The maximum atomic E-state index is 12.3. The molecule has 0 amide bonds. The van der Waals surface area contributed by atoms with E-state index in [2.05, 4.69) is 15.9 Å². The summed E-state index contributed by atoms with van der Waals surface area (Å²) in [6.45, 7) is 9.28. The SMILES string of the molecule is Cc1ccc(Br)cc1C1=C(O)C(C)(C)C(C)(C)OC1=O. The van der Waals surface area contributed by atoms with E-state index in [1.165, 1.54) is 0 Å². The molecule has 3 nitrogen and oxygen atoms in total. The molecule has 0 saturated carbocycles. The van der Waals surface area contributed by atoms with Crippen LogP contribution in [0, 0.1) is 12.3 Å². The molecule has 0 bridgehead atoms. The van der Waals surface area contributed by atoms with E-state index < -0.39 is 17.0 Å². The molecule has 0 spiro atoms. The number of ether oxygens (including phenoxy) is 1. The van der Waals surface area contributed by atoms with Crippen molar-refractivity contribution >= 4 is 27.5 Å². The molecule has 2 rings (SSSR count). The summed E-state index contributed by atoms with van der Waals surface area (Å²) in [5.41, 5.74) is 0.476. The minimum atomic E-state index is -0.752. The van der Waals surface area contributed by atoms with Gasteiger partial charge in [0.15, 0.2) is 0 Å². The first kappa shape index (κ1) is 15.1. The molecule has 0 unspecified atom stereocenters. The number of esters is 1. The number of aryl methyl sites for hydroxylation is 1. The van der Waals surface area contributed by atoms with Crippen molar-refractivity contribution in [3.05, 3.63) is 39.6 Å². The molecule has 0 atom stereocenters. The van der Waals surface area contributed by atoms with Gasteiger partial charge in [-0.05, 0) is 57.9 Å². The second kappa shape index (κ2) is 4.62. The van der Waals surface area contributed by atoms with Gasteiger partial charge in [0.1, 0.15) is 16.9 Å². The molecule has 20 heavy (non-hydrogen) atoms. The van der Waals surface area contributed by atoms with Gasteiger partial charge in [-0.3, -0.25) is 0 Å². The summed E-state index contributed by atoms with van der Waals surface area (Å²) >= 11 is 3.40. The topological polar surface area (TPSA) is 46.5 Å². The van der Waals surface area contributed by atoms with Crippen LogP contribution >= 0.6 is 15.9 Å². The second-order valence-electron chi connectivity index (χ2n) is 6.21. The Kier molecular flexibility index (Phi) is 3.49. The monoisotopic (exact) mass is 338 g/mol. The van der Waals surface area contributed by atoms with Gasteiger partial charge in [-0.2, -0.15) is 0 Å². The maximum absolute atomic E-state index is 12.3. The lowest BCUT2D eigenvalue weighted by Crippen LogP contribution is -2.48. The lowest BCUT2D eigenvalue weighted by Gasteiger charge is -2.44. The Hall–Kier alpha value is -1.29. The van der Waals surface area contributed by atoms with Crippen LogP contribution in [0.5, 0.6) is 0 Å². The fourth-order valence-corrected chi connectivity index (χ4v) is 2.57. The second-order valence-corrected chi connectivity index (χ2v) is 7.12. The van der Waals surface area contributed by atoms with Gasteiger partial charge in [0.25, 0.3) is 0 Å². The Bertz CT molecular complexity index is 612. The van der Waals surface area contributed by atoms with E-state index in [0.29, 0.717) is 5.56 Å². The quantitative estimate of drug-likeness (QED) is 0.772. The van der Waals surface area contributed by atoms with Crippen molar-refractivity contribution in [3.8, 4) is 0 Å². The minimum Gasteiger partial charge on any atom is -0.511 e. The molecule has 1 heterocycles. The summed E-state index contributed by atoms with van der Waals surface area (Å²) < 4.78 is 6.40. The predicted octanol–water partition coefficient (Wildman–Crippen LogP) is 4.39. The minimum absolute atomic E-state index is 0.0833. The largest absolute Gasteiger partial charge is 0.511 e. The number of rotatable bonds is 1. The molecule has 1 aliphatic rings. The van der Waals surface area contributed by atoms with E-state index in [1.54, 1.807) is 0 Å². The van der Waals surface area contributed by atoms with Crippen LogP contribution in [0.25, 0.3) is 5.57 Å². The number of hydrogen-bond donors (Lipinski definition) is 1. The molecule has 0 aliphatic carbocycles. The summed E-state index contributed by atoms with van der Waals surface area (Å²) in [7, 11) is 0. The van der Waals surface area contributed by atoms with Gasteiger partial charge < -0.3 is 9.84 Å². The van der Waals surface area contributed by atoms with Crippen LogP contribution in [0.15, 0.2) is 28.4 Å². The van der Waals surface area contributed by atoms with Gasteiger partial charge in [-0.15, -0.1) is 0 Å². The number of aliphatic hydroxyl groups excluding tert-OH is 1. The van der Waals surface area contributed by atoms with Crippen LogP contribution in [-0.2, 0) is 9.53 Å². The summed E-state index contributed by atoms with van der Waals surface area (Å²) in [6, 6.07) is 5.63. The van der Waals surface area contributed by atoms with Crippen LogP contribution in [-0.4, -0.2) is 16.7 Å². The third-order valence-corrected chi connectivity index (χ3v) is 4.85. The molecule has 1 aliphatic heterocycles. The lowest BCUT2D eigenvalue weighted by molar-refractivity contribution is -0.164. The number of benzene rings is 1. The van der Waals surface area contributed by atoms with Crippen LogP contribution in [0.4, 0.5) is 0 Å². The van der Waals surface area contributed by atoms with E-state index in [0.717, 1.165) is 10.0 Å². The molecule has 1 N–H and O–H groups in total. The molecule has 4 heteroatoms. The zero-order valence-electron chi connectivity index (χ0n) is 12.4. The van der Waals surface area contributed by atoms with Crippen molar-refractivity contribution in [2.24, 2.45) is 5.41 Å². The average Bonchev–Trinajstić information content (AvgIpc) is 2.31. The zero-order valence-corrected chi connectivity index (χ0v) is 14.0. The van der Waals surface area contributed by atoms with Crippen molar-refractivity contribution in [2.45, 2.75) is 40.2 Å². The van der Waals surface area contributed by atoms with Crippen molar-refractivity contribution in [3.63, 3.8) is 0 Å². The standard InChI is InChI=1S/C16H19BrO3/c1-9-6-7-10(17)8-11(9)12-13(18)15(2,3)16(4,5)20-14(12)19/h6-8,18H,1-5H3. The first-order chi connectivity index (χ1) is 9.08. The third-order valence-electron chi connectivity index (χ3n) is 4.35. The number of hydrogen-bond acceptors (Lipinski definition) is 3. The summed E-state index contributed by atoms with van der Waals surface area (Å²) in [4.78, 5) is 12.3. The Morgan fingerprint density at radius 2 is 1.80 bits per heavy atom. The molecule has 0 fully saturated rings. The average molecular weight is 339 g/mol. The van der Waals surface area contributed by atoms with Gasteiger partial charge in [0, 0.05) is 4.47 Å². The molecule has 1 aromatic carbocycles. The van der Waals surface area contributed by atoms with E-state index >= 15 is 0 Å². The maximum Gasteiger partial charge on any atom is 0.342 e. The highest BCUT2D eigenvalue weighted by Crippen LogP contribution is 2.47. The highest BCUT2D eigenvalue weighted by Gasteiger charge is 2.50. The summed E-state index contributed by atoms with van der Waals surface area (Å²) in [5.74, 6) is -0.395. The predicted molar refractivity (Wildman–Crippen MR) is 82.4 cm³/mol. The lowest BCUT2D eigenvalue weighted by atomic mass is 9.71. The van der Waals surface area contributed by atoms with Gasteiger partial charge >= 0.3 is 5.97 Å². The number of cyclic esters (lactones) is 1. The first-order valence-corrected chi connectivity index (χ1v) is 7.31. The van der Waals surface area contributed by atoms with Gasteiger partial charge in [-0.1, -0.05) is 22.0 Å².